The molecule has 0 spiro atoms. The number of hydrogen-bond donors (Lipinski definition) is 0. The van der Waals surface area contributed by atoms with Crippen molar-refractivity contribution in [1.82, 2.24) is 14.1 Å². The second-order valence-electron chi connectivity index (χ2n) is 9.55. The van der Waals surface area contributed by atoms with Crippen molar-refractivity contribution in [2.24, 2.45) is 5.92 Å². The molecule has 2 unspecified atom stereocenters. The van der Waals surface area contributed by atoms with Crippen LogP contribution in [0.2, 0.25) is 5.02 Å². The van der Waals surface area contributed by atoms with E-state index in [1.165, 1.54) is 15.4 Å². The average molecular weight is 509 g/mol. The number of sulfonamides is 1. The van der Waals surface area contributed by atoms with Crippen LogP contribution in [0.3, 0.4) is 0 Å². The third-order valence-corrected chi connectivity index (χ3v) is 9.19. The van der Waals surface area contributed by atoms with Gasteiger partial charge in [0.05, 0.1) is 23.2 Å². The smallest absolute Gasteiger partial charge is 0.316 e. The topological polar surface area (TPSA) is 84.7 Å². The second-order valence-corrected chi connectivity index (χ2v) is 12.5. The minimum absolute atomic E-state index is 0.0342. The number of ether oxygens (including phenoxy) is 1. The standard InChI is InChI=1S/C24H33ClN4O4S/c1-17(2)34(31,32)28-12-10-27(11-13-28)22-16-26-29(20-8-5-7-19(25)15-20)24(30)23(22)33-21-9-4-6-18(3)14-21/h5,7-8,15-18,21H,4,6,9-14H2,1-3H3. The first-order chi connectivity index (χ1) is 16.2. The maximum atomic E-state index is 13.6. The molecule has 1 aromatic heterocycles. The fraction of sp³-hybridized carbons (Fsp3) is 0.583. The van der Waals surface area contributed by atoms with Gasteiger partial charge in [-0.3, -0.25) is 4.79 Å². The monoisotopic (exact) mass is 508 g/mol. The van der Waals surface area contributed by atoms with Crippen molar-refractivity contribution in [2.75, 3.05) is 31.1 Å². The van der Waals surface area contributed by atoms with Crippen LogP contribution in [0.4, 0.5) is 5.69 Å². The Morgan fingerprint density at radius 2 is 1.88 bits per heavy atom. The van der Waals surface area contributed by atoms with E-state index in [0.717, 1.165) is 19.3 Å². The van der Waals surface area contributed by atoms with Crippen LogP contribution < -0.4 is 15.2 Å². The summed E-state index contributed by atoms with van der Waals surface area (Å²) in [6.45, 7) is 7.24. The Kier molecular flexibility index (Phi) is 7.54. The second kappa shape index (κ2) is 10.3. The maximum Gasteiger partial charge on any atom is 0.316 e. The van der Waals surface area contributed by atoms with Gasteiger partial charge in [0.1, 0.15) is 5.69 Å². The summed E-state index contributed by atoms with van der Waals surface area (Å²) in [4.78, 5) is 15.6. The van der Waals surface area contributed by atoms with Gasteiger partial charge in [-0.15, -0.1) is 0 Å². The highest BCUT2D eigenvalue weighted by molar-refractivity contribution is 7.89. The molecule has 4 rings (SSSR count). The molecule has 1 aliphatic carbocycles. The lowest BCUT2D eigenvalue weighted by atomic mass is 9.89. The van der Waals surface area contributed by atoms with E-state index in [-0.39, 0.29) is 17.4 Å². The molecule has 2 atom stereocenters. The van der Waals surface area contributed by atoms with Gasteiger partial charge < -0.3 is 9.64 Å². The van der Waals surface area contributed by atoms with Crippen LogP contribution in [0.5, 0.6) is 5.75 Å². The molecule has 2 aromatic rings. The van der Waals surface area contributed by atoms with E-state index in [2.05, 4.69) is 12.0 Å². The lowest BCUT2D eigenvalue weighted by Crippen LogP contribution is -2.50. The Labute approximate surface area is 206 Å². The molecule has 34 heavy (non-hydrogen) atoms. The van der Waals surface area contributed by atoms with Gasteiger partial charge in [0.25, 0.3) is 0 Å². The van der Waals surface area contributed by atoms with Crippen LogP contribution in [0.15, 0.2) is 35.3 Å². The minimum Gasteiger partial charge on any atom is -0.483 e. The molecule has 1 saturated heterocycles. The number of halogens is 1. The van der Waals surface area contributed by atoms with E-state index in [1.807, 2.05) is 4.90 Å². The molecule has 2 fully saturated rings. The molecule has 10 heteroatoms. The van der Waals surface area contributed by atoms with Crippen LogP contribution in [0.1, 0.15) is 46.5 Å². The highest BCUT2D eigenvalue weighted by Gasteiger charge is 2.32. The Bertz CT molecular complexity index is 1180. The van der Waals surface area contributed by atoms with Gasteiger partial charge in [-0.1, -0.05) is 31.0 Å². The van der Waals surface area contributed by atoms with E-state index < -0.39 is 15.3 Å². The van der Waals surface area contributed by atoms with Gasteiger partial charge in [0, 0.05) is 31.2 Å². The zero-order valence-corrected chi connectivity index (χ0v) is 21.6. The zero-order chi connectivity index (χ0) is 24.5. The van der Waals surface area contributed by atoms with Crippen molar-refractivity contribution in [2.45, 2.75) is 57.8 Å². The molecule has 0 bridgehead atoms. The molecular weight excluding hydrogens is 476 g/mol. The fourth-order valence-electron chi connectivity index (χ4n) is 4.69. The molecular formula is C24H33ClN4O4S. The summed E-state index contributed by atoms with van der Waals surface area (Å²) >= 11 is 6.15. The predicted octanol–water partition coefficient (Wildman–Crippen LogP) is 3.70. The van der Waals surface area contributed by atoms with Crippen molar-refractivity contribution in [3.05, 3.63) is 45.8 Å². The molecule has 2 heterocycles. The summed E-state index contributed by atoms with van der Waals surface area (Å²) in [7, 11) is -3.32. The molecule has 1 aromatic carbocycles. The molecule has 1 aliphatic heterocycles. The highest BCUT2D eigenvalue weighted by Crippen LogP contribution is 2.32. The number of piperazine rings is 1. The molecule has 186 valence electrons. The van der Waals surface area contributed by atoms with E-state index >= 15 is 0 Å². The Morgan fingerprint density at radius 1 is 1.15 bits per heavy atom. The Morgan fingerprint density at radius 3 is 2.53 bits per heavy atom. The third kappa shape index (κ3) is 5.26. The summed E-state index contributed by atoms with van der Waals surface area (Å²) in [5, 5.41) is 4.47. The largest absolute Gasteiger partial charge is 0.483 e. The Hall–Kier alpha value is -2.10. The third-order valence-electron chi connectivity index (χ3n) is 6.68. The quantitative estimate of drug-likeness (QED) is 0.591. The number of nitrogens with zero attached hydrogens (tertiary/aromatic N) is 4. The molecule has 0 amide bonds. The summed E-state index contributed by atoms with van der Waals surface area (Å²) < 4.78 is 34.4. The lowest BCUT2D eigenvalue weighted by Gasteiger charge is -2.37. The van der Waals surface area contributed by atoms with Gasteiger partial charge in [-0.2, -0.15) is 14.1 Å². The van der Waals surface area contributed by atoms with Gasteiger partial charge >= 0.3 is 5.56 Å². The van der Waals surface area contributed by atoms with Gasteiger partial charge in [0.15, 0.2) is 0 Å². The summed E-state index contributed by atoms with van der Waals surface area (Å²) in [6.07, 6.45) is 5.66. The number of benzene rings is 1. The van der Waals surface area contributed by atoms with Crippen molar-refractivity contribution in [3.8, 4) is 11.4 Å². The summed E-state index contributed by atoms with van der Waals surface area (Å²) in [5.41, 5.74) is 0.845. The normalized spacial score (nSPS) is 22.2. The van der Waals surface area contributed by atoms with Crippen molar-refractivity contribution >= 4 is 27.3 Å². The number of hydrogen-bond acceptors (Lipinski definition) is 6. The van der Waals surface area contributed by atoms with Gasteiger partial charge in [-0.05, 0) is 57.2 Å². The number of rotatable bonds is 6. The van der Waals surface area contributed by atoms with Crippen LogP contribution in [0.25, 0.3) is 5.69 Å². The number of aromatic nitrogens is 2. The van der Waals surface area contributed by atoms with E-state index in [9.17, 15) is 13.2 Å². The summed E-state index contributed by atoms with van der Waals surface area (Å²) in [6, 6.07) is 6.99. The molecule has 0 radical (unpaired) electrons. The van der Waals surface area contributed by atoms with Crippen LogP contribution in [-0.2, 0) is 10.0 Å². The predicted molar refractivity (Wildman–Crippen MR) is 135 cm³/mol. The first-order valence-corrected chi connectivity index (χ1v) is 13.8. The van der Waals surface area contributed by atoms with Crippen molar-refractivity contribution in [1.29, 1.82) is 0 Å². The minimum atomic E-state index is -3.32. The molecule has 8 nitrogen and oxygen atoms in total. The highest BCUT2D eigenvalue weighted by atomic mass is 35.5. The summed E-state index contributed by atoms with van der Waals surface area (Å²) in [5.74, 6) is 0.818. The Balaban J connectivity index is 1.66. The molecule has 1 saturated carbocycles. The maximum absolute atomic E-state index is 13.6. The lowest BCUT2D eigenvalue weighted by molar-refractivity contribution is 0.127. The average Bonchev–Trinajstić information content (AvgIpc) is 2.80. The van der Waals surface area contributed by atoms with Crippen molar-refractivity contribution in [3.63, 3.8) is 0 Å². The van der Waals surface area contributed by atoms with Gasteiger partial charge in [-0.25, -0.2) is 8.42 Å². The van der Waals surface area contributed by atoms with E-state index in [0.29, 0.717) is 48.5 Å². The molecule has 0 N–H and O–H groups in total. The molecule has 2 aliphatic rings. The first-order valence-electron chi connectivity index (χ1n) is 12.0. The van der Waals surface area contributed by atoms with Crippen LogP contribution in [0, 0.1) is 5.92 Å². The van der Waals surface area contributed by atoms with Gasteiger partial charge in [0.2, 0.25) is 15.8 Å². The zero-order valence-electron chi connectivity index (χ0n) is 20.0. The first kappa shape index (κ1) is 25.0. The fourth-order valence-corrected chi connectivity index (χ4v) is 6.14. The van der Waals surface area contributed by atoms with Crippen LogP contribution >= 0.6 is 11.6 Å². The van der Waals surface area contributed by atoms with Crippen molar-refractivity contribution < 1.29 is 13.2 Å². The van der Waals surface area contributed by atoms with E-state index in [1.54, 1.807) is 44.3 Å². The SMILES string of the molecule is CC1CCCC(Oc2c(N3CCN(S(=O)(=O)C(C)C)CC3)cnn(-c3cccc(Cl)c3)c2=O)C1. The van der Waals surface area contributed by atoms with Crippen LogP contribution in [-0.4, -0.2) is 60.0 Å². The van der Waals surface area contributed by atoms with E-state index in [4.69, 9.17) is 16.3 Å². The number of anilines is 1.